The van der Waals surface area contributed by atoms with Crippen molar-refractivity contribution in [1.29, 1.82) is 0 Å². The topological polar surface area (TPSA) is 77.2 Å². The number of hydrogen-bond acceptors (Lipinski definition) is 2. The van der Waals surface area contributed by atoms with Crippen molar-refractivity contribution < 1.29 is 9.59 Å². The Labute approximate surface area is 184 Å². The third kappa shape index (κ3) is 4.07. The van der Waals surface area contributed by atoms with Gasteiger partial charge in [0.1, 0.15) is 6.04 Å². The summed E-state index contributed by atoms with van der Waals surface area (Å²) >= 11 is 3.60. The van der Waals surface area contributed by atoms with Crippen molar-refractivity contribution in [2.75, 3.05) is 11.9 Å². The van der Waals surface area contributed by atoms with Crippen LogP contribution in [-0.2, 0) is 17.8 Å². The van der Waals surface area contributed by atoms with E-state index in [1.807, 2.05) is 61.2 Å². The summed E-state index contributed by atoms with van der Waals surface area (Å²) in [4.78, 5) is 31.1. The molecule has 1 aliphatic rings. The Morgan fingerprint density at radius 3 is 2.60 bits per heavy atom. The van der Waals surface area contributed by atoms with Gasteiger partial charge in [0.05, 0.1) is 5.52 Å². The zero-order valence-corrected chi connectivity index (χ0v) is 18.6. The van der Waals surface area contributed by atoms with E-state index in [1.165, 1.54) is 5.69 Å². The molecule has 2 heterocycles. The van der Waals surface area contributed by atoms with Crippen molar-refractivity contribution in [2.45, 2.75) is 32.9 Å². The Hall–Kier alpha value is -2.80. The number of carbonyl (C=O) groups is 2. The minimum Gasteiger partial charge on any atom is -0.357 e. The van der Waals surface area contributed by atoms with Crippen molar-refractivity contribution in [1.82, 2.24) is 15.2 Å². The van der Waals surface area contributed by atoms with Gasteiger partial charge in [-0.3, -0.25) is 4.79 Å². The van der Waals surface area contributed by atoms with Crippen LogP contribution >= 0.6 is 15.9 Å². The fourth-order valence-electron chi connectivity index (χ4n) is 3.93. The molecule has 1 unspecified atom stereocenters. The fraction of sp³-hybridized carbons (Fsp3) is 0.304. The Morgan fingerprint density at radius 2 is 1.87 bits per heavy atom. The van der Waals surface area contributed by atoms with Gasteiger partial charge in [-0.15, -0.1) is 0 Å². The lowest BCUT2D eigenvalue weighted by Gasteiger charge is -2.32. The van der Waals surface area contributed by atoms with Crippen LogP contribution in [0.3, 0.4) is 0 Å². The van der Waals surface area contributed by atoms with Crippen LogP contribution < -0.4 is 10.6 Å². The zero-order chi connectivity index (χ0) is 21.3. The van der Waals surface area contributed by atoms with E-state index in [-0.39, 0.29) is 17.9 Å². The van der Waals surface area contributed by atoms with Crippen molar-refractivity contribution in [3.05, 3.63) is 64.3 Å². The summed E-state index contributed by atoms with van der Waals surface area (Å²) in [7, 11) is 0. The van der Waals surface area contributed by atoms with Crippen LogP contribution in [0.5, 0.6) is 0 Å². The number of nitrogens with zero attached hydrogens (tertiary/aromatic N) is 1. The maximum atomic E-state index is 13.3. The molecule has 0 saturated heterocycles. The van der Waals surface area contributed by atoms with Crippen molar-refractivity contribution >= 4 is 44.5 Å². The molecule has 0 radical (unpaired) electrons. The second kappa shape index (κ2) is 8.52. The van der Waals surface area contributed by atoms with Gasteiger partial charge in [0.2, 0.25) is 5.91 Å². The van der Waals surface area contributed by atoms with Gasteiger partial charge < -0.3 is 20.5 Å². The third-order valence-electron chi connectivity index (χ3n) is 5.52. The van der Waals surface area contributed by atoms with E-state index in [9.17, 15) is 9.59 Å². The first-order valence-corrected chi connectivity index (χ1v) is 10.9. The van der Waals surface area contributed by atoms with Crippen LogP contribution in [0.4, 0.5) is 10.5 Å². The Balaban J connectivity index is 1.50. The van der Waals surface area contributed by atoms with E-state index in [2.05, 4.69) is 37.6 Å². The first-order valence-electron chi connectivity index (χ1n) is 10.1. The van der Waals surface area contributed by atoms with Gasteiger partial charge in [-0.25, -0.2) is 4.79 Å². The number of hydrogen-bond donors (Lipinski definition) is 3. The van der Waals surface area contributed by atoms with Crippen LogP contribution in [0.15, 0.2) is 53.0 Å². The second-order valence-electron chi connectivity index (χ2n) is 7.94. The number of halogens is 1. The molecule has 0 fully saturated rings. The number of aromatic amines is 1. The van der Waals surface area contributed by atoms with Gasteiger partial charge in [-0.2, -0.15) is 0 Å². The maximum Gasteiger partial charge on any atom is 0.319 e. The molecular weight excluding hydrogens is 444 g/mol. The standard InChI is InChI=1S/C23H25BrN4O2/c1-14(2)20(27-23(30)25-15-7-4-3-5-8-15)22(29)28-12-11-19-17(13-28)16-9-6-10-18(24)21(16)26-19/h3-10,14,20,26H,11-13H2,1-2H3,(H2,25,27,30). The number of carbonyl (C=O) groups excluding carboxylic acids is 2. The molecule has 1 aliphatic heterocycles. The molecular formula is C23H25BrN4O2. The molecule has 1 atom stereocenters. The van der Waals surface area contributed by atoms with E-state index >= 15 is 0 Å². The summed E-state index contributed by atoms with van der Waals surface area (Å²) in [5.41, 5.74) is 4.09. The molecule has 3 aromatic rings. The number of H-pyrrole nitrogens is 1. The minimum absolute atomic E-state index is 0.0301. The molecule has 30 heavy (non-hydrogen) atoms. The first kappa shape index (κ1) is 20.5. The highest BCUT2D eigenvalue weighted by Crippen LogP contribution is 2.32. The van der Waals surface area contributed by atoms with E-state index in [1.54, 1.807) is 0 Å². The molecule has 4 rings (SSSR count). The highest BCUT2D eigenvalue weighted by Gasteiger charge is 2.32. The number of para-hydroxylation sites is 2. The summed E-state index contributed by atoms with van der Waals surface area (Å²) in [6.07, 6.45) is 0.767. The number of fused-ring (bicyclic) bond motifs is 3. The molecule has 156 valence electrons. The highest BCUT2D eigenvalue weighted by molar-refractivity contribution is 9.10. The van der Waals surface area contributed by atoms with E-state index in [4.69, 9.17) is 0 Å². The number of anilines is 1. The van der Waals surface area contributed by atoms with Gasteiger partial charge in [0.25, 0.3) is 0 Å². The number of benzene rings is 2. The van der Waals surface area contributed by atoms with Crippen molar-refractivity contribution in [3.8, 4) is 0 Å². The average molecular weight is 469 g/mol. The molecule has 2 aromatic carbocycles. The largest absolute Gasteiger partial charge is 0.357 e. The monoisotopic (exact) mass is 468 g/mol. The SMILES string of the molecule is CC(C)C(NC(=O)Nc1ccccc1)C(=O)N1CCc2[nH]c3c(Br)cccc3c2C1. The van der Waals surface area contributed by atoms with Crippen LogP contribution in [0.25, 0.3) is 10.9 Å². The van der Waals surface area contributed by atoms with Gasteiger partial charge in [-0.05, 0) is 40.0 Å². The number of urea groups is 1. The average Bonchev–Trinajstić information content (AvgIpc) is 3.11. The molecule has 3 amide bonds. The second-order valence-corrected chi connectivity index (χ2v) is 8.79. The van der Waals surface area contributed by atoms with Crippen LogP contribution in [0.1, 0.15) is 25.1 Å². The van der Waals surface area contributed by atoms with Crippen LogP contribution in [-0.4, -0.2) is 34.4 Å². The van der Waals surface area contributed by atoms with Gasteiger partial charge >= 0.3 is 6.03 Å². The Bertz CT molecular complexity index is 1080. The van der Waals surface area contributed by atoms with Gasteiger partial charge in [0.15, 0.2) is 0 Å². The number of rotatable bonds is 4. The quantitative estimate of drug-likeness (QED) is 0.520. The summed E-state index contributed by atoms with van der Waals surface area (Å²) in [6, 6.07) is 14.4. The van der Waals surface area contributed by atoms with Gasteiger partial charge in [0, 0.05) is 46.3 Å². The van der Waals surface area contributed by atoms with Crippen molar-refractivity contribution in [3.63, 3.8) is 0 Å². The van der Waals surface area contributed by atoms with Crippen molar-refractivity contribution in [2.24, 2.45) is 5.92 Å². The predicted octanol–water partition coefficient (Wildman–Crippen LogP) is 4.66. The van der Waals surface area contributed by atoms with Crippen LogP contribution in [0, 0.1) is 5.92 Å². The fourth-order valence-corrected chi connectivity index (χ4v) is 4.40. The molecule has 1 aromatic heterocycles. The van der Waals surface area contributed by atoms with E-state index < -0.39 is 6.04 Å². The normalized spacial score (nSPS) is 14.5. The molecule has 3 N–H and O–H groups in total. The smallest absolute Gasteiger partial charge is 0.319 e. The molecule has 0 saturated carbocycles. The van der Waals surface area contributed by atoms with Crippen LogP contribution in [0.2, 0.25) is 0 Å². The first-order chi connectivity index (χ1) is 14.4. The predicted molar refractivity (Wildman–Crippen MR) is 122 cm³/mol. The number of aromatic nitrogens is 1. The summed E-state index contributed by atoms with van der Waals surface area (Å²) in [6.45, 7) is 5.06. The highest BCUT2D eigenvalue weighted by atomic mass is 79.9. The summed E-state index contributed by atoms with van der Waals surface area (Å²) in [5, 5.41) is 6.80. The molecule has 7 heteroatoms. The maximum absolute atomic E-state index is 13.3. The van der Waals surface area contributed by atoms with E-state index in [0.29, 0.717) is 18.8 Å². The molecule has 0 aliphatic carbocycles. The summed E-state index contributed by atoms with van der Waals surface area (Å²) in [5.74, 6) is -0.0826. The number of amides is 3. The van der Waals surface area contributed by atoms with E-state index in [0.717, 1.165) is 27.4 Å². The Morgan fingerprint density at radius 1 is 1.10 bits per heavy atom. The minimum atomic E-state index is -0.591. The zero-order valence-electron chi connectivity index (χ0n) is 17.0. The third-order valence-corrected chi connectivity index (χ3v) is 6.18. The molecule has 6 nitrogen and oxygen atoms in total. The lowest BCUT2D eigenvalue weighted by atomic mass is 9.99. The Kier molecular flexibility index (Phi) is 5.81. The number of nitrogens with one attached hydrogen (secondary N) is 3. The molecule has 0 spiro atoms. The lowest BCUT2D eigenvalue weighted by Crippen LogP contribution is -2.53. The summed E-state index contributed by atoms with van der Waals surface area (Å²) < 4.78 is 1.02. The lowest BCUT2D eigenvalue weighted by molar-refractivity contribution is -0.135. The van der Waals surface area contributed by atoms with Gasteiger partial charge in [-0.1, -0.05) is 44.2 Å². The molecule has 0 bridgehead atoms.